The van der Waals surface area contributed by atoms with Crippen molar-refractivity contribution in [2.75, 3.05) is 5.75 Å². The van der Waals surface area contributed by atoms with Crippen LogP contribution in [0.25, 0.3) is 0 Å². The highest BCUT2D eigenvalue weighted by Crippen LogP contribution is 2.27. The third kappa shape index (κ3) is 5.40. The van der Waals surface area contributed by atoms with Gasteiger partial charge in [-0.25, -0.2) is 0 Å². The van der Waals surface area contributed by atoms with Gasteiger partial charge in [0.15, 0.2) is 0 Å². The second kappa shape index (κ2) is 7.14. The number of amides is 1. The number of hydrogen-bond acceptors (Lipinski definition) is 4. The van der Waals surface area contributed by atoms with E-state index in [0.717, 1.165) is 12.8 Å². The molecule has 5 nitrogen and oxygen atoms in total. The summed E-state index contributed by atoms with van der Waals surface area (Å²) >= 11 is 1.29. The maximum atomic E-state index is 11.8. The first-order valence-electron chi connectivity index (χ1n) is 6.74. The first-order valence-corrected chi connectivity index (χ1v) is 7.73. The summed E-state index contributed by atoms with van der Waals surface area (Å²) in [5.74, 6) is -0.808. The molecule has 0 heterocycles. The molecule has 0 aromatic carbocycles. The number of aliphatic carboxylic acids is 1. The lowest BCUT2D eigenvalue weighted by molar-refractivity contribution is -0.139. The standard InChI is InChI=1S/C13H24N2O3S/c1-13(2,11(14)12(17)18)19-8-10(16)15-9-6-4-3-5-7-9/h9,11H,3-8,14H2,1-2H3,(H,15,16)(H,17,18)/t11-/m0/s1. The first-order chi connectivity index (χ1) is 8.83. The fourth-order valence-corrected chi connectivity index (χ4v) is 3.02. The van der Waals surface area contributed by atoms with E-state index in [9.17, 15) is 9.59 Å². The number of rotatable bonds is 6. The van der Waals surface area contributed by atoms with Crippen LogP contribution in [0.1, 0.15) is 46.0 Å². The number of carboxylic acid groups (broad SMARTS) is 1. The monoisotopic (exact) mass is 288 g/mol. The van der Waals surface area contributed by atoms with E-state index in [4.69, 9.17) is 10.8 Å². The minimum absolute atomic E-state index is 0.0254. The Labute approximate surface area is 118 Å². The quantitative estimate of drug-likeness (QED) is 0.686. The summed E-state index contributed by atoms with van der Waals surface area (Å²) in [7, 11) is 0. The van der Waals surface area contributed by atoms with E-state index in [-0.39, 0.29) is 17.7 Å². The minimum atomic E-state index is -1.04. The van der Waals surface area contributed by atoms with E-state index >= 15 is 0 Å². The number of carboxylic acids is 1. The van der Waals surface area contributed by atoms with Gasteiger partial charge in [-0.3, -0.25) is 9.59 Å². The Bertz CT molecular complexity index is 328. The number of thioether (sulfide) groups is 1. The molecule has 6 heteroatoms. The molecule has 1 aliphatic carbocycles. The van der Waals surface area contributed by atoms with Gasteiger partial charge in [-0.1, -0.05) is 19.3 Å². The summed E-state index contributed by atoms with van der Waals surface area (Å²) in [6, 6.07) is -0.682. The molecule has 0 aliphatic heterocycles. The maximum absolute atomic E-state index is 11.8. The van der Waals surface area contributed by atoms with Crippen LogP contribution >= 0.6 is 11.8 Å². The molecular formula is C13H24N2O3S. The van der Waals surface area contributed by atoms with Crippen LogP contribution in [0.2, 0.25) is 0 Å². The van der Waals surface area contributed by atoms with Crippen molar-refractivity contribution in [1.29, 1.82) is 0 Å². The second-order valence-electron chi connectivity index (χ2n) is 5.61. The summed E-state index contributed by atoms with van der Waals surface area (Å²) in [6.45, 7) is 3.51. The van der Waals surface area contributed by atoms with Crippen LogP contribution in [0.5, 0.6) is 0 Å². The van der Waals surface area contributed by atoms with Crippen molar-refractivity contribution >= 4 is 23.6 Å². The maximum Gasteiger partial charge on any atom is 0.321 e. The molecule has 1 rings (SSSR count). The Morgan fingerprint density at radius 2 is 1.95 bits per heavy atom. The van der Waals surface area contributed by atoms with Gasteiger partial charge in [0.25, 0.3) is 0 Å². The zero-order valence-electron chi connectivity index (χ0n) is 11.6. The average molecular weight is 288 g/mol. The molecule has 1 fully saturated rings. The van der Waals surface area contributed by atoms with Crippen molar-refractivity contribution in [3.8, 4) is 0 Å². The fourth-order valence-electron chi connectivity index (χ4n) is 2.15. The van der Waals surface area contributed by atoms with Crippen molar-refractivity contribution in [2.24, 2.45) is 5.73 Å². The lowest BCUT2D eigenvalue weighted by atomic mass is 9.95. The lowest BCUT2D eigenvalue weighted by Crippen LogP contribution is -2.47. The first kappa shape index (κ1) is 16.3. The molecule has 0 unspecified atom stereocenters. The summed E-state index contributed by atoms with van der Waals surface area (Å²) in [5.41, 5.74) is 5.61. The normalized spacial score (nSPS) is 18.9. The van der Waals surface area contributed by atoms with Crippen LogP contribution in [0, 0.1) is 0 Å². The average Bonchev–Trinajstić information content (AvgIpc) is 2.36. The predicted octanol–water partition coefficient (Wildman–Crippen LogP) is 1.36. The van der Waals surface area contributed by atoms with Gasteiger partial charge in [0.2, 0.25) is 5.91 Å². The van der Waals surface area contributed by atoms with E-state index in [1.54, 1.807) is 13.8 Å². The summed E-state index contributed by atoms with van der Waals surface area (Å²) in [6.07, 6.45) is 5.70. The van der Waals surface area contributed by atoms with Gasteiger partial charge in [-0.2, -0.15) is 0 Å². The van der Waals surface area contributed by atoms with Crippen LogP contribution in [0.15, 0.2) is 0 Å². The molecule has 1 aliphatic rings. The van der Waals surface area contributed by atoms with Crippen LogP contribution < -0.4 is 11.1 Å². The van der Waals surface area contributed by atoms with Gasteiger partial charge in [0.1, 0.15) is 6.04 Å². The zero-order valence-corrected chi connectivity index (χ0v) is 12.5. The highest BCUT2D eigenvalue weighted by Gasteiger charge is 2.33. The van der Waals surface area contributed by atoms with Gasteiger partial charge >= 0.3 is 5.97 Å². The SMILES string of the molecule is CC(C)(SCC(=O)NC1CCCCC1)[C@@H](N)C(=O)O. The topological polar surface area (TPSA) is 92.4 Å². The molecule has 0 bridgehead atoms. The Hall–Kier alpha value is -0.750. The number of carbonyl (C=O) groups is 2. The van der Waals surface area contributed by atoms with Crippen molar-refractivity contribution < 1.29 is 14.7 Å². The lowest BCUT2D eigenvalue weighted by Gasteiger charge is -2.28. The van der Waals surface area contributed by atoms with E-state index < -0.39 is 16.8 Å². The minimum Gasteiger partial charge on any atom is -0.480 e. The van der Waals surface area contributed by atoms with Crippen molar-refractivity contribution in [2.45, 2.75) is 62.8 Å². The van der Waals surface area contributed by atoms with Gasteiger partial charge in [0.05, 0.1) is 5.75 Å². The summed E-state index contributed by atoms with van der Waals surface area (Å²) in [5, 5.41) is 11.9. The Morgan fingerprint density at radius 1 is 1.37 bits per heavy atom. The second-order valence-corrected chi connectivity index (χ2v) is 7.24. The van der Waals surface area contributed by atoms with E-state index in [1.807, 2.05) is 0 Å². The molecule has 0 saturated heterocycles. The number of nitrogens with one attached hydrogen (secondary N) is 1. The van der Waals surface area contributed by atoms with Gasteiger partial charge in [-0.15, -0.1) is 11.8 Å². The number of carbonyl (C=O) groups excluding carboxylic acids is 1. The van der Waals surface area contributed by atoms with Crippen molar-refractivity contribution in [3.63, 3.8) is 0 Å². The molecule has 0 spiro atoms. The largest absolute Gasteiger partial charge is 0.480 e. The van der Waals surface area contributed by atoms with Crippen LogP contribution in [-0.4, -0.2) is 39.6 Å². The molecule has 0 radical (unpaired) electrons. The zero-order chi connectivity index (χ0) is 14.5. The summed E-state index contributed by atoms with van der Waals surface area (Å²) < 4.78 is -0.657. The number of hydrogen-bond donors (Lipinski definition) is 3. The van der Waals surface area contributed by atoms with Crippen molar-refractivity contribution in [3.05, 3.63) is 0 Å². The van der Waals surface area contributed by atoms with Crippen LogP contribution in [-0.2, 0) is 9.59 Å². The molecule has 0 aromatic rings. The third-order valence-corrected chi connectivity index (χ3v) is 4.97. The molecule has 4 N–H and O–H groups in total. The van der Waals surface area contributed by atoms with Crippen molar-refractivity contribution in [1.82, 2.24) is 5.32 Å². The Kier molecular flexibility index (Phi) is 6.13. The Morgan fingerprint density at radius 3 is 2.47 bits per heavy atom. The van der Waals surface area contributed by atoms with E-state index in [1.165, 1.54) is 31.0 Å². The Balaban J connectivity index is 2.34. The van der Waals surface area contributed by atoms with Gasteiger partial charge < -0.3 is 16.2 Å². The van der Waals surface area contributed by atoms with Crippen LogP contribution in [0.4, 0.5) is 0 Å². The third-order valence-electron chi connectivity index (χ3n) is 3.56. The van der Waals surface area contributed by atoms with Gasteiger partial charge in [-0.05, 0) is 26.7 Å². The highest BCUT2D eigenvalue weighted by atomic mass is 32.2. The molecule has 1 saturated carbocycles. The molecule has 1 amide bonds. The predicted molar refractivity (Wildman–Crippen MR) is 77.2 cm³/mol. The molecule has 1 atom stereocenters. The summed E-state index contributed by atoms with van der Waals surface area (Å²) in [4.78, 5) is 22.7. The van der Waals surface area contributed by atoms with E-state index in [0.29, 0.717) is 0 Å². The molecular weight excluding hydrogens is 264 g/mol. The highest BCUT2D eigenvalue weighted by molar-refractivity contribution is 8.01. The smallest absolute Gasteiger partial charge is 0.321 e. The molecule has 0 aromatic heterocycles. The molecule has 19 heavy (non-hydrogen) atoms. The number of nitrogens with two attached hydrogens (primary N) is 1. The van der Waals surface area contributed by atoms with Gasteiger partial charge in [0, 0.05) is 10.8 Å². The molecule has 110 valence electrons. The fraction of sp³-hybridized carbons (Fsp3) is 0.846. The van der Waals surface area contributed by atoms with Crippen LogP contribution in [0.3, 0.4) is 0 Å². The van der Waals surface area contributed by atoms with E-state index in [2.05, 4.69) is 5.32 Å².